The molecule has 0 aliphatic rings. The molecule has 0 radical (unpaired) electrons. The second-order valence-electron chi connectivity index (χ2n) is 4.93. The Bertz CT molecular complexity index is 775. The summed E-state index contributed by atoms with van der Waals surface area (Å²) in [4.78, 5) is 13.7. The van der Waals surface area contributed by atoms with Gasteiger partial charge in [0.05, 0.1) is 0 Å². The van der Waals surface area contributed by atoms with Crippen molar-refractivity contribution >= 4 is 28.6 Å². The molecule has 0 bridgehead atoms. The second kappa shape index (κ2) is 5.47. The largest absolute Gasteiger partial charge is 0.477 e. The molecule has 0 unspecified atom stereocenters. The fraction of sp³-hybridized carbons (Fsp3) is 0.118. The van der Waals surface area contributed by atoms with E-state index >= 15 is 0 Å². The smallest absolute Gasteiger partial charge is 0.345 e. The minimum absolute atomic E-state index is 0.381. The molecular weight excluding hydrogens is 300 g/mol. The molecule has 0 aliphatic carbocycles. The number of aromatic carboxylic acids is 1. The zero-order valence-electron chi connectivity index (χ0n) is 11.7. The lowest BCUT2D eigenvalue weighted by Gasteiger charge is -2.10. The van der Waals surface area contributed by atoms with Gasteiger partial charge in [0.15, 0.2) is 0 Å². The van der Waals surface area contributed by atoms with Crippen LogP contribution in [0, 0.1) is 13.8 Å². The Morgan fingerprint density at radius 1 is 1.05 bits per heavy atom. The van der Waals surface area contributed by atoms with Crippen LogP contribution in [0.4, 0.5) is 0 Å². The van der Waals surface area contributed by atoms with Crippen molar-refractivity contribution in [2.75, 3.05) is 0 Å². The monoisotopic (exact) mass is 314 g/mol. The summed E-state index contributed by atoms with van der Waals surface area (Å²) in [5.41, 5.74) is 4.72. The van der Waals surface area contributed by atoms with Crippen molar-refractivity contribution in [1.82, 2.24) is 0 Å². The Hall–Kier alpha value is -1.91. The molecule has 2 heterocycles. The van der Waals surface area contributed by atoms with E-state index in [9.17, 15) is 4.79 Å². The molecule has 1 aromatic carbocycles. The zero-order valence-corrected chi connectivity index (χ0v) is 13.3. The Balaban J connectivity index is 2.09. The molecule has 0 fully saturated rings. The molecule has 0 saturated heterocycles. The van der Waals surface area contributed by atoms with Gasteiger partial charge in [-0.25, -0.2) is 4.79 Å². The van der Waals surface area contributed by atoms with Crippen molar-refractivity contribution in [3.05, 3.63) is 57.8 Å². The third-order valence-corrected chi connectivity index (χ3v) is 5.41. The van der Waals surface area contributed by atoms with Gasteiger partial charge in [0.1, 0.15) is 4.88 Å². The average molecular weight is 314 g/mol. The number of benzene rings is 1. The van der Waals surface area contributed by atoms with Crippen molar-refractivity contribution in [1.29, 1.82) is 0 Å². The molecule has 1 N–H and O–H groups in total. The predicted octanol–water partition coefficient (Wildman–Crippen LogP) is 5.46. The summed E-state index contributed by atoms with van der Waals surface area (Å²) in [7, 11) is 0. The summed E-state index contributed by atoms with van der Waals surface area (Å²) in [5.74, 6) is -0.864. The fourth-order valence-corrected chi connectivity index (χ4v) is 4.26. The van der Waals surface area contributed by atoms with E-state index in [1.165, 1.54) is 32.9 Å². The quantitative estimate of drug-likeness (QED) is 0.697. The van der Waals surface area contributed by atoms with Crippen LogP contribution in [0.25, 0.3) is 20.9 Å². The van der Waals surface area contributed by atoms with E-state index in [1.54, 1.807) is 17.4 Å². The van der Waals surface area contributed by atoms with Crippen LogP contribution in [-0.4, -0.2) is 11.1 Å². The Kier molecular flexibility index (Phi) is 3.66. The standard InChI is InChI=1S/C17H14O2S2/c1-10-8-12(13-4-3-7-20-13)9-11(2)16(10)14-5-6-15(21-14)17(18)19/h3-9H,1-2H3,(H,18,19). The number of carbonyl (C=O) groups is 1. The van der Waals surface area contributed by atoms with E-state index < -0.39 is 5.97 Å². The summed E-state index contributed by atoms with van der Waals surface area (Å²) >= 11 is 3.06. The van der Waals surface area contributed by atoms with E-state index in [0.29, 0.717) is 4.88 Å². The summed E-state index contributed by atoms with van der Waals surface area (Å²) in [6.45, 7) is 4.17. The maximum absolute atomic E-state index is 11.0. The third kappa shape index (κ3) is 2.64. The number of aryl methyl sites for hydroxylation is 2. The first-order chi connectivity index (χ1) is 10.1. The van der Waals surface area contributed by atoms with Crippen molar-refractivity contribution in [2.45, 2.75) is 13.8 Å². The minimum Gasteiger partial charge on any atom is -0.477 e. The van der Waals surface area contributed by atoms with Gasteiger partial charge in [-0.15, -0.1) is 22.7 Å². The van der Waals surface area contributed by atoms with Crippen LogP contribution in [0.3, 0.4) is 0 Å². The summed E-state index contributed by atoms with van der Waals surface area (Å²) in [5, 5.41) is 11.1. The molecule has 0 amide bonds. The van der Waals surface area contributed by atoms with Crippen molar-refractivity contribution in [2.24, 2.45) is 0 Å². The molecule has 21 heavy (non-hydrogen) atoms. The van der Waals surface area contributed by atoms with Crippen LogP contribution >= 0.6 is 22.7 Å². The number of thiophene rings is 2. The van der Waals surface area contributed by atoms with E-state index in [4.69, 9.17) is 5.11 Å². The van der Waals surface area contributed by atoms with Crippen LogP contribution in [0.1, 0.15) is 20.8 Å². The van der Waals surface area contributed by atoms with Gasteiger partial charge in [-0.05, 0) is 71.8 Å². The minimum atomic E-state index is -0.864. The predicted molar refractivity (Wildman–Crippen MR) is 89.5 cm³/mol. The highest BCUT2D eigenvalue weighted by Crippen LogP contribution is 2.36. The van der Waals surface area contributed by atoms with E-state index in [0.717, 1.165) is 10.4 Å². The number of carboxylic acid groups (broad SMARTS) is 1. The van der Waals surface area contributed by atoms with Crippen LogP contribution in [0.2, 0.25) is 0 Å². The summed E-state index contributed by atoms with van der Waals surface area (Å²) < 4.78 is 0. The van der Waals surface area contributed by atoms with Gasteiger partial charge in [0, 0.05) is 9.75 Å². The van der Waals surface area contributed by atoms with Crippen LogP contribution in [-0.2, 0) is 0 Å². The van der Waals surface area contributed by atoms with Crippen molar-refractivity contribution < 1.29 is 9.90 Å². The first kappa shape index (κ1) is 14.0. The molecule has 0 saturated carbocycles. The number of hydrogen-bond donors (Lipinski definition) is 1. The molecule has 0 aliphatic heterocycles. The number of carboxylic acids is 1. The number of hydrogen-bond acceptors (Lipinski definition) is 3. The van der Waals surface area contributed by atoms with Crippen LogP contribution in [0.15, 0.2) is 41.8 Å². The van der Waals surface area contributed by atoms with Gasteiger partial charge in [-0.3, -0.25) is 0 Å². The van der Waals surface area contributed by atoms with E-state index in [-0.39, 0.29) is 0 Å². The third-order valence-electron chi connectivity index (χ3n) is 3.40. The van der Waals surface area contributed by atoms with Crippen LogP contribution < -0.4 is 0 Å². The lowest BCUT2D eigenvalue weighted by atomic mass is 9.97. The highest BCUT2D eigenvalue weighted by Gasteiger charge is 2.13. The lowest BCUT2D eigenvalue weighted by Crippen LogP contribution is -1.90. The molecule has 2 nitrogen and oxygen atoms in total. The summed E-state index contributed by atoms with van der Waals surface area (Å²) in [6, 6.07) is 12.1. The van der Waals surface area contributed by atoms with Gasteiger partial charge in [-0.1, -0.05) is 6.07 Å². The van der Waals surface area contributed by atoms with Gasteiger partial charge >= 0.3 is 5.97 Å². The topological polar surface area (TPSA) is 37.3 Å². The molecule has 4 heteroatoms. The molecule has 0 atom stereocenters. The molecule has 0 spiro atoms. The first-order valence-electron chi connectivity index (χ1n) is 6.55. The maximum Gasteiger partial charge on any atom is 0.345 e. The molecule has 106 valence electrons. The van der Waals surface area contributed by atoms with Gasteiger partial charge in [-0.2, -0.15) is 0 Å². The van der Waals surface area contributed by atoms with Gasteiger partial charge < -0.3 is 5.11 Å². The normalized spacial score (nSPS) is 10.8. The Morgan fingerprint density at radius 3 is 2.29 bits per heavy atom. The SMILES string of the molecule is Cc1cc(-c2cccs2)cc(C)c1-c1ccc(C(=O)O)s1. The zero-order chi connectivity index (χ0) is 15.0. The molecular formula is C17H14O2S2. The molecule has 2 aromatic heterocycles. The second-order valence-corrected chi connectivity index (χ2v) is 6.96. The highest BCUT2D eigenvalue weighted by molar-refractivity contribution is 7.17. The lowest BCUT2D eigenvalue weighted by molar-refractivity contribution is 0.0702. The van der Waals surface area contributed by atoms with E-state index in [2.05, 4.69) is 43.5 Å². The maximum atomic E-state index is 11.0. The van der Waals surface area contributed by atoms with Crippen LogP contribution in [0.5, 0.6) is 0 Å². The van der Waals surface area contributed by atoms with Gasteiger partial charge in [0.25, 0.3) is 0 Å². The Labute approximate surface area is 131 Å². The van der Waals surface area contributed by atoms with Crippen molar-refractivity contribution in [3.8, 4) is 20.9 Å². The number of rotatable bonds is 3. The van der Waals surface area contributed by atoms with Crippen molar-refractivity contribution in [3.63, 3.8) is 0 Å². The Morgan fingerprint density at radius 2 is 1.76 bits per heavy atom. The molecule has 3 rings (SSSR count). The first-order valence-corrected chi connectivity index (χ1v) is 8.24. The highest BCUT2D eigenvalue weighted by atomic mass is 32.1. The van der Waals surface area contributed by atoms with E-state index in [1.807, 2.05) is 6.07 Å². The van der Waals surface area contributed by atoms with Gasteiger partial charge in [0.2, 0.25) is 0 Å². The molecule has 3 aromatic rings. The summed E-state index contributed by atoms with van der Waals surface area (Å²) in [6.07, 6.45) is 0. The fourth-order valence-electron chi connectivity index (χ4n) is 2.52. The average Bonchev–Trinajstić information content (AvgIpc) is 3.09.